The van der Waals surface area contributed by atoms with E-state index in [-0.39, 0.29) is 5.91 Å². The van der Waals surface area contributed by atoms with Crippen LogP contribution in [0.5, 0.6) is 0 Å². The maximum Gasteiger partial charge on any atom is 0.275 e. The number of hydrogen-bond acceptors (Lipinski definition) is 6. The zero-order chi connectivity index (χ0) is 20.0. The van der Waals surface area contributed by atoms with Crippen LogP contribution in [0.1, 0.15) is 23.8 Å². The molecule has 3 aliphatic rings. The van der Waals surface area contributed by atoms with Gasteiger partial charge in [-0.1, -0.05) is 25.1 Å². The van der Waals surface area contributed by atoms with Gasteiger partial charge >= 0.3 is 0 Å². The summed E-state index contributed by atoms with van der Waals surface area (Å²) in [6, 6.07) is 8.22. The number of piperazine rings is 1. The summed E-state index contributed by atoms with van der Waals surface area (Å²) in [7, 11) is 1.88. The number of benzene rings is 1. The molecule has 8 heteroatoms. The highest BCUT2D eigenvalue weighted by atomic mass is 16.2. The minimum absolute atomic E-state index is 0.000273. The first-order valence-corrected chi connectivity index (χ1v) is 10.2. The van der Waals surface area contributed by atoms with Crippen LogP contribution in [0.3, 0.4) is 0 Å². The zero-order valence-corrected chi connectivity index (χ0v) is 16.8. The Kier molecular flexibility index (Phi) is 4.34. The molecule has 0 spiro atoms. The van der Waals surface area contributed by atoms with Gasteiger partial charge in [0.05, 0.1) is 17.9 Å². The van der Waals surface area contributed by atoms with Crippen LogP contribution in [0.2, 0.25) is 0 Å². The van der Waals surface area contributed by atoms with Gasteiger partial charge in [0, 0.05) is 51.2 Å². The quantitative estimate of drug-likeness (QED) is 0.799. The number of hydrogen-bond donors (Lipinski definition) is 0. The molecule has 1 amide bonds. The van der Waals surface area contributed by atoms with Crippen LogP contribution >= 0.6 is 0 Å². The highest BCUT2D eigenvalue weighted by Gasteiger charge is 2.29. The monoisotopic (exact) mass is 391 g/mol. The highest BCUT2D eigenvalue weighted by Crippen LogP contribution is 2.22. The third-order valence-corrected chi connectivity index (χ3v) is 5.93. The van der Waals surface area contributed by atoms with Crippen LogP contribution < -0.4 is 0 Å². The molecule has 0 saturated carbocycles. The molecular formula is C21H25N7O. The molecule has 0 N–H and O–H groups in total. The number of amidine groups is 1. The first-order valence-electron chi connectivity index (χ1n) is 10.2. The van der Waals surface area contributed by atoms with Crippen molar-refractivity contribution < 1.29 is 4.79 Å². The lowest BCUT2D eigenvalue weighted by molar-refractivity contribution is 0.0663. The summed E-state index contributed by atoms with van der Waals surface area (Å²) >= 11 is 0. The number of aryl methyl sites for hydroxylation is 1. The zero-order valence-electron chi connectivity index (χ0n) is 16.8. The molecule has 5 rings (SSSR count). The molecule has 1 fully saturated rings. The van der Waals surface area contributed by atoms with Gasteiger partial charge in [-0.3, -0.25) is 14.5 Å². The molecule has 4 heterocycles. The van der Waals surface area contributed by atoms with Gasteiger partial charge in [0.15, 0.2) is 5.69 Å². The summed E-state index contributed by atoms with van der Waals surface area (Å²) in [5, 5.41) is 5.39. The second-order valence-corrected chi connectivity index (χ2v) is 7.72. The number of aliphatic imine (C=N–C) groups is 2. The smallest absolute Gasteiger partial charge is 0.275 e. The Labute approximate surface area is 169 Å². The lowest BCUT2D eigenvalue weighted by Crippen LogP contribution is -2.48. The van der Waals surface area contributed by atoms with Crippen LogP contribution in [0, 0.1) is 0 Å². The van der Waals surface area contributed by atoms with Crippen molar-refractivity contribution in [2.45, 2.75) is 19.4 Å². The van der Waals surface area contributed by atoms with E-state index in [9.17, 15) is 4.79 Å². The van der Waals surface area contributed by atoms with Crippen LogP contribution in [0.15, 0.2) is 46.1 Å². The number of carbonyl (C=O) groups excluding carboxylic acids is 1. The summed E-state index contributed by atoms with van der Waals surface area (Å²) < 4.78 is 1.78. The second-order valence-electron chi connectivity index (χ2n) is 7.72. The topological polar surface area (TPSA) is 69.3 Å². The van der Waals surface area contributed by atoms with Crippen molar-refractivity contribution in [1.29, 1.82) is 0 Å². The molecule has 2 aromatic rings. The molecular weight excluding hydrogens is 366 g/mol. The largest absolute Gasteiger partial charge is 0.353 e. The maximum atomic E-state index is 13.1. The Morgan fingerprint density at radius 3 is 2.76 bits per heavy atom. The molecule has 150 valence electrons. The second kappa shape index (κ2) is 7.02. The third kappa shape index (κ3) is 3.08. The van der Waals surface area contributed by atoms with Crippen molar-refractivity contribution in [3.8, 4) is 0 Å². The summed E-state index contributed by atoms with van der Waals surface area (Å²) in [6.07, 6.45) is 5.00. The molecule has 1 aromatic heterocycles. The third-order valence-electron chi connectivity index (χ3n) is 5.93. The van der Waals surface area contributed by atoms with Crippen molar-refractivity contribution >= 4 is 29.0 Å². The minimum Gasteiger partial charge on any atom is -0.353 e. The summed E-state index contributed by atoms with van der Waals surface area (Å²) in [6.45, 7) is 5.90. The van der Waals surface area contributed by atoms with Gasteiger partial charge < -0.3 is 14.7 Å². The predicted octanol–water partition coefficient (Wildman–Crippen LogP) is 1.71. The number of para-hydroxylation sites is 1. The first kappa shape index (κ1) is 17.9. The molecule has 8 nitrogen and oxygen atoms in total. The standard InChI is InChI=1S/C21H25N7O/c1-3-15-13-28-14-22-18(12-19(28)23-15)26-8-10-27(11-9-26)21(29)20-16-6-4-5-7-17(16)25(2)24-20/h4-7,12,14-15H,3,8-11,13H2,1-2H3/t15-/m0/s1. The predicted molar refractivity (Wildman–Crippen MR) is 113 cm³/mol. The number of carbonyl (C=O) groups is 1. The van der Waals surface area contributed by atoms with Gasteiger partial charge in [0.2, 0.25) is 0 Å². The van der Waals surface area contributed by atoms with E-state index in [0.29, 0.717) is 24.8 Å². The van der Waals surface area contributed by atoms with Crippen molar-refractivity contribution in [2.24, 2.45) is 17.0 Å². The number of amides is 1. The summed E-state index contributed by atoms with van der Waals surface area (Å²) in [5.41, 5.74) is 1.51. The van der Waals surface area contributed by atoms with Gasteiger partial charge in [-0.2, -0.15) is 5.10 Å². The molecule has 1 atom stereocenters. The maximum absolute atomic E-state index is 13.1. The minimum atomic E-state index is -0.000273. The van der Waals surface area contributed by atoms with E-state index >= 15 is 0 Å². The Hall–Kier alpha value is -3.16. The normalized spacial score (nSPS) is 21.4. The van der Waals surface area contributed by atoms with Crippen molar-refractivity contribution in [3.63, 3.8) is 0 Å². The Morgan fingerprint density at radius 2 is 1.97 bits per heavy atom. The summed E-state index contributed by atoms with van der Waals surface area (Å²) in [4.78, 5) is 28.7. The van der Waals surface area contributed by atoms with E-state index in [0.717, 1.165) is 48.6 Å². The van der Waals surface area contributed by atoms with Crippen LogP contribution in [0.4, 0.5) is 0 Å². The fourth-order valence-electron chi connectivity index (χ4n) is 4.18. The van der Waals surface area contributed by atoms with Gasteiger partial charge in [-0.15, -0.1) is 0 Å². The Morgan fingerprint density at radius 1 is 1.17 bits per heavy atom. The Bertz CT molecular complexity index is 1040. The van der Waals surface area contributed by atoms with Gasteiger partial charge in [0.25, 0.3) is 5.91 Å². The van der Waals surface area contributed by atoms with Gasteiger partial charge in [-0.05, 0) is 12.5 Å². The molecule has 29 heavy (non-hydrogen) atoms. The molecule has 3 aliphatic heterocycles. The van der Waals surface area contributed by atoms with E-state index in [2.05, 4.69) is 32.9 Å². The average molecular weight is 391 g/mol. The first-order chi connectivity index (χ1) is 14.1. The Balaban J connectivity index is 1.28. The van der Waals surface area contributed by atoms with Crippen molar-refractivity contribution in [1.82, 2.24) is 24.5 Å². The van der Waals surface area contributed by atoms with Crippen LogP contribution in [-0.4, -0.2) is 81.3 Å². The van der Waals surface area contributed by atoms with Crippen LogP contribution in [-0.2, 0) is 7.05 Å². The molecule has 1 saturated heterocycles. The molecule has 0 unspecified atom stereocenters. The molecule has 0 bridgehead atoms. The molecule has 1 aromatic carbocycles. The summed E-state index contributed by atoms with van der Waals surface area (Å²) in [5.74, 6) is 1.94. The SMILES string of the molecule is CC[C@H]1CN2C=NC(N3CCN(C(=O)c4nn(C)c5ccccc45)CC3)=CC2=N1. The van der Waals surface area contributed by atoms with Gasteiger partial charge in [0.1, 0.15) is 11.7 Å². The lowest BCUT2D eigenvalue weighted by Gasteiger charge is -2.36. The number of fused-ring (bicyclic) bond motifs is 2. The van der Waals surface area contributed by atoms with Gasteiger partial charge in [-0.25, -0.2) is 4.99 Å². The van der Waals surface area contributed by atoms with E-state index in [4.69, 9.17) is 4.99 Å². The molecule has 0 aliphatic carbocycles. The van der Waals surface area contributed by atoms with E-state index in [1.54, 1.807) is 4.68 Å². The van der Waals surface area contributed by atoms with E-state index in [1.807, 2.05) is 42.6 Å². The average Bonchev–Trinajstić information content (AvgIpc) is 3.34. The lowest BCUT2D eigenvalue weighted by atomic mass is 10.2. The van der Waals surface area contributed by atoms with E-state index in [1.165, 1.54) is 0 Å². The number of nitrogens with zero attached hydrogens (tertiary/aromatic N) is 7. The fraction of sp³-hybridized carbons (Fsp3) is 0.429. The van der Waals surface area contributed by atoms with Crippen molar-refractivity contribution in [2.75, 3.05) is 32.7 Å². The fourth-order valence-corrected chi connectivity index (χ4v) is 4.18. The molecule has 0 radical (unpaired) electrons. The van der Waals surface area contributed by atoms with Crippen LogP contribution in [0.25, 0.3) is 10.9 Å². The number of rotatable bonds is 3. The number of aromatic nitrogens is 2. The highest BCUT2D eigenvalue weighted by molar-refractivity contribution is 6.05. The van der Waals surface area contributed by atoms with Crippen molar-refractivity contribution in [3.05, 3.63) is 41.9 Å². The van der Waals surface area contributed by atoms with E-state index < -0.39 is 0 Å².